The molecule has 0 bridgehead atoms. The lowest BCUT2D eigenvalue weighted by molar-refractivity contribution is 0.459. The zero-order valence-electron chi connectivity index (χ0n) is 10.3. The van der Waals surface area contributed by atoms with Gasteiger partial charge in [0.25, 0.3) is 0 Å². The standard InChI is InChI=1S/C13H15NO3S/c1-10-6-3-4-8-13(10)18(15,16)14-11(2)12-7-5-9-17-12/h3-9,11,14H,1-2H3/t11-/m1/s1. The summed E-state index contributed by atoms with van der Waals surface area (Å²) < 4.78 is 32.2. The third-order valence-electron chi connectivity index (χ3n) is 2.68. The van der Waals surface area contributed by atoms with Crippen LogP contribution in [0.5, 0.6) is 0 Å². The second-order valence-electron chi connectivity index (χ2n) is 4.12. The maximum absolute atomic E-state index is 12.2. The highest BCUT2D eigenvalue weighted by Crippen LogP contribution is 2.19. The molecule has 0 spiro atoms. The molecule has 5 heteroatoms. The predicted octanol–water partition coefficient (Wildman–Crippen LogP) is 2.63. The van der Waals surface area contributed by atoms with Crippen molar-refractivity contribution in [2.75, 3.05) is 0 Å². The van der Waals surface area contributed by atoms with E-state index in [-0.39, 0.29) is 0 Å². The summed E-state index contributed by atoms with van der Waals surface area (Å²) >= 11 is 0. The Balaban J connectivity index is 2.26. The van der Waals surface area contributed by atoms with Crippen LogP contribution in [0.4, 0.5) is 0 Å². The van der Waals surface area contributed by atoms with Gasteiger partial charge in [0.1, 0.15) is 5.76 Å². The summed E-state index contributed by atoms with van der Waals surface area (Å²) in [5.41, 5.74) is 0.719. The molecule has 0 aliphatic rings. The molecule has 2 aromatic rings. The first-order valence-electron chi connectivity index (χ1n) is 5.62. The topological polar surface area (TPSA) is 59.3 Å². The van der Waals surface area contributed by atoms with Crippen molar-refractivity contribution in [2.45, 2.75) is 24.8 Å². The van der Waals surface area contributed by atoms with Gasteiger partial charge in [-0.05, 0) is 37.6 Å². The maximum Gasteiger partial charge on any atom is 0.241 e. The summed E-state index contributed by atoms with van der Waals surface area (Å²) in [6, 6.07) is 9.95. The van der Waals surface area contributed by atoms with Gasteiger partial charge in [0.15, 0.2) is 0 Å². The van der Waals surface area contributed by atoms with Crippen molar-refractivity contribution in [3.8, 4) is 0 Å². The number of aryl methyl sites for hydroxylation is 1. The van der Waals surface area contributed by atoms with Gasteiger partial charge in [-0.15, -0.1) is 0 Å². The first kappa shape index (κ1) is 12.9. The Kier molecular flexibility index (Phi) is 3.54. The first-order chi connectivity index (χ1) is 8.50. The van der Waals surface area contributed by atoms with Crippen molar-refractivity contribution < 1.29 is 12.8 Å². The van der Waals surface area contributed by atoms with Crippen molar-refractivity contribution in [3.05, 3.63) is 54.0 Å². The summed E-state index contributed by atoms with van der Waals surface area (Å²) in [6.45, 7) is 3.51. The predicted molar refractivity (Wildman–Crippen MR) is 68.6 cm³/mol. The van der Waals surface area contributed by atoms with Crippen molar-refractivity contribution in [1.29, 1.82) is 0 Å². The normalized spacial score (nSPS) is 13.4. The number of benzene rings is 1. The molecule has 0 fully saturated rings. The van der Waals surface area contributed by atoms with Crippen LogP contribution >= 0.6 is 0 Å². The Bertz CT molecular complexity index is 617. The van der Waals surface area contributed by atoms with Gasteiger partial charge in [-0.2, -0.15) is 0 Å². The lowest BCUT2D eigenvalue weighted by Crippen LogP contribution is -2.27. The quantitative estimate of drug-likeness (QED) is 0.924. The van der Waals surface area contributed by atoms with Gasteiger partial charge < -0.3 is 4.42 Å². The van der Waals surface area contributed by atoms with E-state index in [9.17, 15) is 8.42 Å². The number of nitrogens with one attached hydrogen (secondary N) is 1. The molecule has 1 aromatic carbocycles. The molecule has 0 radical (unpaired) electrons. The summed E-state index contributed by atoms with van der Waals surface area (Å²) in [4.78, 5) is 0.295. The Labute approximate surface area is 107 Å². The van der Waals surface area contributed by atoms with Gasteiger partial charge in [-0.1, -0.05) is 18.2 Å². The lowest BCUT2D eigenvalue weighted by Gasteiger charge is -2.13. The number of hydrogen-bond donors (Lipinski definition) is 1. The van der Waals surface area contributed by atoms with E-state index in [1.807, 2.05) is 6.07 Å². The van der Waals surface area contributed by atoms with Crippen molar-refractivity contribution in [1.82, 2.24) is 4.72 Å². The van der Waals surface area contributed by atoms with E-state index in [1.54, 1.807) is 44.2 Å². The van der Waals surface area contributed by atoms with Crippen LogP contribution in [0.1, 0.15) is 24.3 Å². The van der Waals surface area contributed by atoms with E-state index >= 15 is 0 Å². The smallest absolute Gasteiger partial charge is 0.241 e. The Hall–Kier alpha value is -1.59. The second kappa shape index (κ2) is 4.96. The van der Waals surface area contributed by atoms with Gasteiger partial charge in [-0.25, -0.2) is 13.1 Å². The molecule has 0 aliphatic carbocycles. The van der Waals surface area contributed by atoms with Gasteiger partial charge in [0, 0.05) is 0 Å². The van der Waals surface area contributed by atoms with Gasteiger partial charge in [-0.3, -0.25) is 0 Å². The van der Waals surface area contributed by atoms with E-state index in [4.69, 9.17) is 4.42 Å². The van der Waals surface area contributed by atoms with Crippen molar-refractivity contribution in [2.24, 2.45) is 0 Å². The molecule has 2 rings (SSSR count). The Morgan fingerprint density at radius 1 is 1.17 bits per heavy atom. The van der Waals surface area contributed by atoms with E-state index in [0.29, 0.717) is 10.7 Å². The third-order valence-corrected chi connectivity index (χ3v) is 4.39. The summed E-state index contributed by atoms with van der Waals surface area (Å²) in [6.07, 6.45) is 1.52. The summed E-state index contributed by atoms with van der Waals surface area (Å²) in [5, 5.41) is 0. The van der Waals surface area contributed by atoms with Crippen LogP contribution in [0, 0.1) is 6.92 Å². The average Bonchev–Trinajstić information content (AvgIpc) is 2.82. The highest BCUT2D eigenvalue weighted by Gasteiger charge is 2.20. The fourth-order valence-electron chi connectivity index (χ4n) is 1.75. The average molecular weight is 265 g/mol. The molecule has 1 N–H and O–H groups in total. The third kappa shape index (κ3) is 2.63. The fourth-order valence-corrected chi connectivity index (χ4v) is 3.21. The van der Waals surface area contributed by atoms with Crippen LogP contribution in [-0.2, 0) is 10.0 Å². The zero-order chi connectivity index (χ0) is 13.2. The molecule has 1 aromatic heterocycles. The van der Waals surface area contributed by atoms with Crippen molar-refractivity contribution in [3.63, 3.8) is 0 Å². The lowest BCUT2D eigenvalue weighted by atomic mass is 10.2. The van der Waals surface area contributed by atoms with E-state index in [0.717, 1.165) is 5.56 Å². The molecule has 18 heavy (non-hydrogen) atoms. The summed E-state index contributed by atoms with van der Waals surface area (Å²) in [7, 11) is -3.53. The zero-order valence-corrected chi connectivity index (χ0v) is 11.1. The maximum atomic E-state index is 12.2. The van der Waals surface area contributed by atoms with Crippen LogP contribution in [0.3, 0.4) is 0 Å². The minimum Gasteiger partial charge on any atom is -0.468 e. The van der Waals surface area contributed by atoms with E-state index in [1.165, 1.54) is 6.26 Å². The molecule has 0 unspecified atom stereocenters. The molecular formula is C13H15NO3S. The minimum absolute atomic E-state index is 0.295. The number of rotatable bonds is 4. The Morgan fingerprint density at radius 2 is 1.89 bits per heavy atom. The van der Waals surface area contributed by atoms with Crippen LogP contribution in [0.15, 0.2) is 52.0 Å². The number of furan rings is 1. The molecule has 4 nitrogen and oxygen atoms in total. The number of hydrogen-bond acceptors (Lipinski definition) is 3. The van der Waals surface area contributed by atoms with Crippen LogP contribution in [0.2, 0.25) is 0 Å². The molecule has 96 valence electrons. The van der Waals surface area contributed by atoms with Crippen LogP contribution in [-0.4, -0.2) is 8.42 Å². The number of sulfonamides is 1. The molecule has 0 saturated carbocycles. The fraction of sp³-hybridized carbons (Fsp3) is 0.231. The molecule has 0 aliphatic heterocycles. The van der Waals surface area contributed by atoms with Gasteiger partial charge >= 0.3 is 0 Å². The second-order valence-corrected chi connectivity index (χ2v) is 5.81. The summed E-state index contributed by atoms with van der Waals surface area (Å²) in [5.74, 6) is 0.590. The van der Waals surface area contributed by atoms with Crippen molar-refractivity contribution >= 4 is 10.0 Å². The minimum atomic E-state index is -3.53. The molecule has 0 amide bonds. The van der Waals surface area contributed by atoms with Crippen LogP contribution in [0.25, 0.3) is 0 Å². The molecule has 0 saturated heterocycles. The highest BCUT2D eigenvalue weighted by atomic mass is 32.2. The molecular weight excluding hydrogens is 250 g/mol. The largest absolute Gasteiger partial charge is 0.468 e. The molecule has 1 atom stereocenters. The molecule has 1 heterocycles. The van der Waals surface area contributed by atoms with Gasteiger partial charge in [0.2, 0.25) is 10.0 Å². The van der Waals surface area contributed by atoms with Crippen LogP contribution < -0.4 is 4.72 Å². The highest BCUT2D eigenvalue weighted by molar-refractivity contribution is 7.89. The van der Waals surface area contributed by atoms with E-state index < -0.39 is 16.1 Å². The Morgan fingerprint density at radius 3 is 2.50 bits per heavy atom. The first-order valence-corrected chi connectivity index (χ1v) is 7.10. The van der Waals surface area contributed by atoms with Gasteiger partial charge in [0.05, 0.1) is 17.2 Å². The monoisotopic (exact) mass is 265 g/mol. The van der Waals surface area contributed by atoms with E-state index in [2.05, 4.69) is 4.72 Å². The SMILES string of the molecule is Cc1ccccc1S(=O)(=O)N[C@H](C)c1ccco1.